The highest BCUT2D eigenvalue weighted by Crippen LogP contribution is 2.52. The fraction of sp³-hybridized carbons (Fsp3) is 0.651. The van der Waals surface area contributed by atoms with Crippen molar-refractivity contribution in [2.75, 3.05) is 35.2 Å². The summed E-state index contributed by atoms with van der Waals surface area (Å²) in [5, 5.41) is 10.1. The van der Waals surface area contributed by atoms with Gasteiger partial charge in [-0.3, -0.25) is 14.4 Å². The normalized spacial score (nSPS) is 26.7. The molecule has 11 atom stereocenters. The molecule has 19 heteroatoms. The van der Waals surface area contributed by atoms with E-state index >= 15 is 0 Å². The summed E-state index contributed by atoms with van der Waals surface area (Å²) in [5.74, 6) is -5.15. The monoisotopic (exact) mass is 1170 g/mol. The Balaban J connectivity index is 1.47. The molecule has 82 heavy (non-hydrogen) atoms. The van der Waals surface area contributed by atoms with Crippen molar-refractivity contribution in [3.05, 3.63) is 102 Å². The zero-order valence-corrected chi connectivity index (χ0v) is 52.1. The van der Waals surface area contributed by atoms with Gasteiger partial charge in [-0.2, -0.15) is 0 Å². The van der Waals surface area contributed by atoms with Crippen LogP contribution in [-0.4, -0.2) is 139 Å². The molecule has 0 bridgehead atoms. The van der Waals surface area contributed by atoms with Crippen LogP contribution < -0.4 is 4.74 Å². The minimum Gasteiger partial charge on any atom is -0.497 e. The third-order valence-corrected chi connectivity index (χ3v) is 21.5. The van der Waals surface area contributed by atoms with Crippen LogP contribution in [0.15, 0.2) is 90.6 Å². The molecule has 0 unspecified atom stereocenters. The molecule has 18 nitrogen and oxygen atoms in total. The number of aliphatic carboxylic acids is 1. The van der Waals surface area contributed by atoms with Crippen LogP contribution in [0.4, 0.5) is 0 Å². The molecule has 0 aliphatic carbocycles. The summed E-state index contributed by atoms with van der Waals surface area (Å²) in [7, 11) is 3.67. The average Bonchev–Trinajstić information content (AvgIpc) is 3.61. The molecule has 0 spiro atoms. The first-order valence-electron chi connectivity index (χ1n) is 28.8. The Kier molecular flexibility index (Phi) is 25.6. The predicted molar refractivity (Wildman–Crippen MR) is 310 cm³/mol. The minimum atomic E-state index is -2.25. The molecule has 0 aromatic heterocycles. The van der Waals surface area contributed by atoms with Crippen LogP contribution in [0, 0.1) is 10.8 Å². The van der Waals surface area contributed by atoms with Gasteiger partial charge in [0, 0.05) is 58.8 Å². The molecule has 0 saturated carbocycles. The molecule has 3 fully saturated rings. The van der Waals surface area contributed by atoms with Crippen molar-refractivity contribution in [1.29, 1.82) is 0 Å². The summed E-state index contributed by atoms with van der Waals surface area (Å²) in [5.41, 5.74) is 1.15. The predicted octanol–water partition coefficient (Wildman–Crippen LogP) is 11.1. The second kappa shape index (κ2) is 30.8. The number of carboxylic acids is 1. The molecular weight excluding hydrogens is 1070 g/mol. The maximum absolute atomic E-state index is 13.2. The molecule has 458 valence electrons. The van der Waals surface area contributed by atoms with Crippen LogP contribution in [0.2, 0.25) is 18.1 Å². The number of carbonyl (C=O) groups excluding carboxylic acids is 3. The van der Waals surface area contributed by atoms with Gasteiger partial charge in [-0.05, 0) is 79.6 Å². The third kappa shape index (κ3) is 17.9. The fourth-order valence-electron chi connectivity index (χ4n) is 11.8. The van der Waals surface area contributed by atoms with Crippen LogP contribution in [0.25, 0.3) is 0 Å². The van der Waals surface area contributed by atoms with Gasteiger partial charge < -0.3 is 66.4 Å². The van der Waals surface area contributed by atoms with Crippen molar-refractivity contribution < 1.29 is 85.6 Å². The van der Waals surface area contributed by atoms with Crippen molar-refractivity contribution in [3.8, 4) is 5.75 Å². The number of hydrogen-bond donors (Lipinski definition) is 1. The summed E-state index contributed by atoms with van der Waals surface area (Å²) in [6, 6.07) is 19.9. The zero-order chi connectivity index (χ0) is 60.5. The van der Waals surface area contributed by atoms with E-state index in [1.165, 1.54) is 34.1 Å². The number of esters is 3. The minimum absolute atomic E-state index is 0.0155. The van der Waals surface area contributed by atoms with Gasteiger partial charge in [0.1, 0.15) is 18.6 Å². The lowest BCUT2D eigenvalue weighted by molar-refractivity contribution is -0.358. The van der Waals surface area contributed by atoms with E-state index in [-0.39, 0.29) is 45.5 Å². The highest BCUT2D eigenvalue weighted by atomic mass is 28.4. The molecule has 3 saturated heterocycles. The Labute approximate surface area is 487 Å². The summed E-state index contributed by atoms with van der Waals surface area (Å²) >= 11 is 0. The van der Waals surface area contributed by atoms with Gasteiger partial charge in [0.05, 0.1) is 82.0 Å². The Bertz CT molecular complexity index is 2430. The second-order valence-corrected chi connectivity index (χ2v) is 27.8. The number of methoxy groups -OCH3 is 4. The summed E-state index contributed by atoms with van der Waals surface area (Å²) < 4.78 is 82.6. The number of hydrogen-bond acceptors (Lipinski definition) is 17. The van der Waals surface area contributed by atoms with Crippen LogP contribution in [0.1, 0.15) is 132 Å². The molecule has 2 aromatic carbocycles. The maximum Gasteiger partial charge on any atom is 0.330 e. The first-order chi connectivity index (χ1) is 38.8. The first kappa shape index (κ1) is 68.0. The summed E-state index contributed by atoms with van der Waals surface area (Å²) in [6.07, 6.45) is 1.01. The van der Waals surface area contributed by atoms with E-state index in [0.29, 0.717) is 37.2 Å². The molecule has 3 aliphatic heterocycles. The van der Waals surface area contributed by atoms with E-state index in [0.717, 1.165) is 34.8 Å². The van der Waals surface area contributed by atoms with Crippen LogP contribution >= 0.6 is 0 Å². The van der Waals surface area contributed by atoms with Gasteiger partial charge >= 0.3 is 23.9 Å². The number of carboxylic acid groups (broad SMARTS) is 1. The molecule has 0 radical (unpaired) electrons. The standard InChI is InChI=1S/C63H94O18Si/c1-16-82(17-2,18-3)81-53(37-57(66)67)34-52-36-56(76-44(6)64)61(10,11)62(71-14,79-52)38-54-31-42(4)30-50(78-54)28-29-60(8,9)63(72-15)59(77-45(7)65)48(33-58(68)70-13)32-51(80-63)35-55(74-40-47-24-26-49(69-12)27-25-47)43(5)75-41-73-39-46-22-20-19-21-23-46/h19-29,33,43,50-56,59H,4,16-18,30-32,34-41H2,1-3,5-15H3,(H,66,67)/b29-28+,48-33+/t43-,50+,51+,52-,53-,54+,55-,56+,59+,62+,63-/m1/s1. The lowest BCUT2D eigenvalue weighted by Crippen LogP contribution is -2.63. The van der Waals surface area contributed by atoms with Crippen LogP contribution in [0.5, 0.6) is 5.75 Å². The van der Waals surface area contributed by atoms with E-state index in [2.05, 4.69) is 27.4 Å². The van der Waals surface area contributed by atoms with Crippen molar-refractivity contribution in [3.63, 3.8) is 0 Å². The largest absolute Gasteiger partial charge is 0.497 e. The van der Waals surface area contributed by atoms with Gasteiger partial charge in [-0.1, -0.05) is 115 Å². The van der Waals surface area contributed by atoms with Crippen molar-refractivity contribution in [2.45, 2.75) is 218 Å². The van der Waals surface area contributed by atoms with Crippen molar-refractivity contribution >= 4 is 32.2 Å². The third-order valence-electron chi connectivity index (χ3n) is 16.8. The fourth-order valence-corrected chi connectivity index (χ4v) is 14.7. The number of benzene rings is 2. The van der Waals surface area contributed by atoms with E-state index in [1.54, 1.807) is 14.2 Å². The second-order valence-electron chi connectivity index (χ2n) is 23.1. The lowest BCUT2D eigenvalue weighted by atomic mass is 9.70. The van der Waals surface area contributed by atoms with Crippen molar-refractivity contribution in [2.24, 2.45) is 10.8 Å². The Morgan fingerprint density at radius 2 is 1.48 bits per heavy atom. The van der Waals surface area contributed by atoms with Gasteiger partial charge in [-0.25, -0.2) is 4.79 Å². The number of rotatable bonds is 31. The Hall–Kier alpha value is -4.80. The van der Waals surface area contributed by atoms with Gasteiger partial charge in [-0.15, -0.1) is 0 Å². The molecule has 3 heterocycles. The maximum atomic E-state index is 13.2. The Morgan fingerprint density at radius 3 is 2.06 bits per heavy atom. The quantitative estimate of drug-likeness (QED) is 0.0142. The van der Waals surface area contributed by atoms with Gasteiger partial charge in [0.15, 0.2) is 20.2 Å². The molecular formula is C63H94O18Si. The Morgan fingerprint density at radius 1 is 0.817 bits per heavy atom. The molecule has 3 aliphatic rings. The van der Waals surface area contributed by atoms with Gasteiger partial charge in [0.25, 0.3) is 0 Å². The lowest BCUT2D eigenvalue weighted by Gasteiger charge is -2.55. The van der Waals surface area contributed by atoms with Gasteiger partial charge in [0.2, 0.25) is 5.79 Å². The van der Waals surface area contributed by atoms with Crippen LogP contribution in [-0.2, 0) is 88.9 Å². The molecule has 5 rings (SSSR count). The molecule has 0 amide bonds. The molecule has 2 aromatic rings. The molecule has 1 N–H and O–H groups in total. The highest BCUT2D eigenvalue weighted by Gasteiger charge is 2.61. The van der Waals surface area contributed by atoms with E-state index in [9.17, 15) is 24.3 Å². The number of ether oxygens (including phenoxy) is 12. The topological polar surface area (TPSA) is 208 Å². The summed E-state index contributed by atoms with van der Waals surface area (Å²) in [6.45, 7) is 23.5. The van der Waals surface area contributed by atoms with E-state index < -0.39 is 110 Å². The van der Waals surface area contributed by atoms with Crippen LogP contribution in [0.3, 0.4) is 0 Å². The zero-order valence-electron chi connectivity index (χ0n) is 51.1. The SMILES string of the molecule is C=C1C[C@@H](C[C@]2(OC)O[C@H](C[C@H](CC(=O)O)O[Si](CC)(CC)CC)C[C@H](OC(C)=O)C2(C)C)O[C@@H](/C=C/C(C)(C)[C@]2(OC)O[C@H](C[C@@H](OCc3ccc(OC)cc3)[C@@H](C)OCOCc3ccccc3)C/C(=C\C(=O)OC)[C@@H]2OC(C)=O)C1. The average molecular weight is 1170 g/mol. The number of carbonyl (C=O) groups is 4. The van der Waals surface area contributed by atoms with E-state index in [1.807, 2.05) is 101 Å². The first-order valence-corrected chi connectivity index (χ1v) is 31.4. The smallest absolute Gasteiger partial charge is 0.330 e. The van der Waals surface area contributed by atoms with Crippen molar-refractivity contribution in [1.82, 2.24) is 0 Å². The van der Waals surface area contributed by atoms with E-state index in [4.69, 9.17) is 61.3 Å². The highest BCUT2D eigenvalue weighted by molar-refractivity contribution is 6.73. The summed E-state index contributed by atoms with van der Waals surface area (Å²) in [4.78, 5) is 51.4.